The number of hydrogen-bond acceptors (Lipinski definition) is 4. The van der Waals surface area contributed by atoms with Crippen molar-refractivity contribution < 1.29 is 0 Å². The van der Waals surface area contributed by atoms with Crippen molar-refractivity contribution in [3.63, 3.8) is 0 Å². The third kappa shape index (κ3) is 3.16. The van der Waals surface area contributed by atoms with Crippen molar-refractivity contribution in [2.24, 2.45) is 0 Å². The zero-order valence-electron chi connectivity index (χ0n) is 11.0. The maximum Gasteiger partial charge on any atom is 0.225 e. The van der Waals surface area contributed by atoms with Gasteiger partial charge in [-0.2, -0.15) is 0 Å². The molecule has 0 radical (unpaired) electrons. The Bertz CT molecular complexity index is 364. The number of aryl methyl sites for hydroxylation is 1. The molecule has 0 aromatic carbocycles. The molecular weight excluding hydrogens is 212 g/mol. The number of rotatable bonds is 4. The van der Waals surface area contributed by atoms with E-state index >= 15 is 0 Å². The molecule has 1 atom stereocenters. The fourth-order valence-electron chi connectivity index (χ4n) is 2.26. The van der Waals surface area contributed by atoms with Gasteiger partial charge in [-0.1, -0.05) is 13.8 Å². The van der Waals surface area contributed by atoms with Crippen LogP contribution in [0.4, 0.5) is 5.95 Å². The Morgan fingerprint density at radius 2 is 2.35 bits per heavy atom. The van der Waals surface area contributed by atoms with Crippen LogP contribution in [0, 0.1) is 6.92 Å². The van der Waals surface area contributed by atoms with E-state index in [1.807, 2.05) is 19.2 Å². The van der Waals surface area contributed by atoms with Gasteiger partial charge in [0.25, 0.3) is 0 Å². The Morgan fingerprint density at radius 1 is 1.53 bits per heavy atom. The second kappa shape index (κ2) is 5.45. The van der Waals surface area contributed by atoms with Crippen LogP contribution in [-0.4, -0.2) is 35.1 Å². The van der Waals surface area contributed by atoms with Gasteiger partial charge in [-0.05, 0) is 25.8 Å². The third-order valence-corrected chi connectivity index (χ3v) is 3.18. The molecule has 2 heterocycles. The van der Waals surface area contributed by atoms with E-state index in [-0.39, 0.29) is 0 Å². The Balaban J connectivity index is 2.04. The molecule has 4 nitrogen and oxygen atoms in total. The van der Waals surface area contributed by atoms with Crippen LogP contribution in [-0.2, 0) is 0 Å². The number of nitrogens with one attached hydrogen (secondary N) is 1. The van der Waals surface area contributed by atoms with Crippen LogP contribution in [0.3, 0.4) is 0 Å². The Labute approximate surface area is 103 Å². The standard InChI is InChI=1S/C13H22N4/c1-10(2)15-9-12-5-4-8-17(12)13-14-7-6-11(3)16-13/h6-7,10,12,15H,4-5,8-9H2,1-3H3. The summed E-state index contributed by atoms with van der Waals surface area (Å²) in [5, 5.41) is 3.50. The van der Waals surface area contributed by atoms with Gasteiger partial charge < -0.3 is 10.2 Å². The zero-order chi connectivity index (χ0) is 12.3. The first-order chi connectivity index (χ1) is 8.16. The summed E-state index contributed by atoms with van der Waals surface area (Å²) in [6, 6.07) is 3.02. The van der Waals surface area contributed by atoms with E-state index in [1.165, 1.54) is 12.8 Å². The molecule has 1 aromatic rings. The summed E-state index contributed by atoms with van der Waals surface area (Å²) < 4.78 is 0. The van der Waals surface area contributed by atoms with Crippen molar-refractivity contribution in [3.8, 4) is 0 Å². The van der Waals surface area contributed by atoms with Crippen molar-refractivity contribution in [1.29, 1.82) is 0 Å². The summed E-state index contributed by atoms with van der Waals surface area (Å²) >= 11 is 0. The van der Waals surface area contributed by atoms with E-state index in [0.717, 1.165) is 24.7 Å². The highest BCUT2D eigenvalue weighted by Gasteiger charge is 2.26. The summed E-state index contributed by atoms with van der Waals surface area (Å²) in [4.78, 5) is 11.2. The molecule has 94 valence electrons. The lowest BCUT2D eigenvalue weighted by Crippen LogP contribution is -2.41. The lowest BCUT2D eigenvalue weighted by Gasteiger charge is -2.25. The normalized spacial score (nSPS) is 20.2. The largest absolute Gasteiger partial charge is 0.337 e. The number of hydrogen-bond donors (Lipinski definition) is 1. The van der Waals surface area contributed by atoms with Gasteiger partial charge in [-0.25, -0.2) is 9.97 Å². The predicted molar refractivity (Wildman–Crippen MR) is 70.3 cm³/mol. The van der Waals surface area contributed by atoms with Gasteiger partial charge in [0.1, 0.15) is 0 Å². The molecule has 1 aliphatic rings. The zero-order valence-corrected chi connectivity index (χ0v) is 11.0. The average molecular weight is 234 g/mol. The Morgan fingerprint density at radius 3 is 3.06 bits per heavy atom. The Kier molecular flexibility index (Phi) is 3.94. The molecule has 0 saturated carbocycles. The molecule has 0 aliphatic carbocycles. The fraction of sp³-hybridized carbons (Fsp3) is 0.692. The smallest absolute Gasteiger partial charge is 0.225 e. The second-order valence-electron chi connectivity index (χ2n) is 5.05. The van der Waals surface area contributed by atoms with Gasteiger partial charge in [0.05, 0.1) is 0 Å². The van der Waals surface area contributed by atoms with Gasteiger partial charge in [0, 0.05) is 37.1 Å². The van der Waals surface area contributed by atoms with Crippen molar-refractivity contribution in [2.75, 3.05) is 18.0 Å². The van der Waals surface area contributed by atoms with Crippen LogP contribution >= 0.6 is 0 Å². The molecule has 0 bridgehead atoms. The monoisotopic (exact) mass is 234 g/mol. The van der Waals surface area contributed by atoms with E-state index < -0.39 is 0 Å². The number of nitrogens with zero attached hydrogens (tertiary/aromatic N) is 3. The molecule has 1 N–H and O–H groups in total. The number of aromatic nitrogens is 2. The molecule has 1 unspecified atom stereocenters. The summed E-state index contributed by atoms with van der Waals surface area (Å²) in [7, 11) is 0. The van der Waals surface area contributed by atoms with Crippen LogP contribution in [0.2, 0.25) is 0 Å². The molecule has 2 rings (SSSR count). The minimum Gasteiger partial charge on any atom is -0.337 e. The van der Waals surface area contributed by atoms with Crippen molar-refractivity contribution in [2.45, 2.75) is 45.7 Å². The van der Waals surface area contributed by atoms with Gasteiger partial charge >= 0.3 is 0 Å². The van der Waals surface area contributed by atoms with E-state index in [0.29, 0.717) is 12.1 Å². The maximum absolute atomic E-state index is 4.52. The summed E-state index contributed by atoms with van der Waals surface area (Å²) in [6.07, 6.45) is 4.32. The first-order valence-electron chi connectivity index (χ1n) is 6.46. The van der Waals surface area contributed by atoms with E-state index in [9.17, 15) is 0 Å². The van der Waals surface area contributed by atoms with Gasteiger partial charge in [0.15, 0.2) is 0 Å². The average Bonchev–Trinajstić information content (AvgIpc) is 2.74. The maximum atomic E-state index is 4.52. The predicted octanol–water partition coefficient (Wildman–Crippen LogP) is 1.75. The van der Waals surface area contributed by atoms with E-state index in [2.05, 4.69) is 34.0 Å². The molecule has 1 saturated heterocycles. The number of anilines is 1. The quantitative estimate of drug-likeness (QED) is 0.861. The van der Waals surface area contributed by atoms with Gasteiger partial charge in [-0.15, -0.1) is 0 Å². The third-order valence-electron chi connectivity index (χ3n) is 3.18. The molecular formula is C13H22N4. The molecule has 0 spiro atoms. The minimum atomic E-state index is 0.538. The first kappa shape index (κ1) is 12.3. The molecule has 0 amide bonds. The topological polar surface area (TPSA) is 41.1 Å². The highest BCUT2D eigenvalue weighted by atomic mass is 15.3. The summed E-state index contributed by atoms with van der Waals surface area (Å²) in [5.74, 6) is 0.887. The van der Waals surface area contributed by atoms with Crippen molar-refractivity contribution in [3.05, 3.63) is 18.0 Å². The van der Waals surface area contributed by atoms with E-state index in [4.69, 9.17) is 0 Å². The van der Waals surface area contributed by atoms with Crippen LogP contribution in [0.25, 0.3) is 0 Å². The highest BCUT2D eigenvalue weighted by Crippen LogP contribution is 2.21. The molecule has 1 fully saturated rings. The molecule has 1 aliphatic heterocycles. The SMILES string of the molecule is Cc1ccnc(N2CCCC2CNC(C)C)n1. The molecule has 17 heavy (non-hydrogen) atoms. The van der Waals surface area contributed by atoms with Gasteiger partial charge in [0.2, 0.25) is 5.95 Å². The van der Waals surface area contributed by atoms with Crippen molar-refractivity contribution >= 4 is 5.95 Å². The Hall–Kier alpha value is -1.16. The second-order valence-corrected chi connectivity index (χ2v) is 5.05. The van der Waals surface area contributed by atoms with Crippen LogP contribution < -0.4 is 10.2 Å². The first-order valence-corrected chi connectivity index (χ1v) is 6.46. The lowest BCUT2D eigenvalue weighted by molar-refractivity contribution is 0.520. The molecule has 4 heteroatoms. The lowest BCUT2D eigenvalue weighted by atomic mass is 10.2. The summed E-state index contributed by atoms with van der Waals surface area (Å²) in [5.41, 5.74) is 1.04. The summed E-state index contributed by atoms with van der Waals surface area (Å²) in [6.45, 7) is 8.48. The minimum absolute atomic E-state index is 0.538. The van der Waals surface area contributed by atoms with Crippen LogP contribution in [0.15, 0.2) is 12.3 Å². The van der Waals surface area contributed by atoms with Crippen molar-refractivity contribution in [1.82, 2.24) is 15.3 Å². The highest BCUT2D eigenvalue weighted by molar-refractivity contribution is 5.33. The van der Waals surface area contributed by atoms with Crippen LogP contribution in [0.5, 0.6) is 0 Å². The fourth-order valence-corrected chi connectivity index (χ4v) is 2.26. The molecule has 1 aromatic heterocycles. The van der Waals surface area contributed by atoms with E-state index in [1.54, 1.807) is 0 Å². The van der Waals surface area contributed by atoms with Crippen LogP contribution in [0.1, 0.15) is 32.4 Å². The van der Waals surface area contributed by atoms with Gasteiger partial charge in [-0.3, -0.25) is 0 Å².